The molecule has 0 unspecified atom stereocenters. The number of hydrogen-bond donors (Lipinski definition) is 1. The van der Waals surface area contributed by atoms with Crippen molar-refractivity contribution < 1.29 is 27.5 Å². The second kappa shape index (κ2) is 14.8. The largest absolute Gasteiger partial charge is 0.494 e. The molecule has 1 amide bonds. The Morgan fingerprint density at radius 3 is 2.30 bits per heavy atom. The average Bonchev–Trinajstić information content (AvgIpc) is 3.04. The molecule has 0 saturated carbocycles. The molecule has 228 valence electrons. The number of anilines is 1. The van der Waals surface area contributed by atoms with Gasteiger partial charge in [-0.1, -0.05) is 48.7 Å². The van der Waals surface area contributed by atoms with Crippen LogP contribution in [0.5, 0.6) is 5.75 Å². The summed E-state index contributed by atoms with van der Waals surface area (Å²) in [4.78, 5) is 38.8. The minimum Gasteiger partial charge on any atom is -0.494 e. The van der Waals surface area contributed by atoms with Gasteiger partial charge in [-0.05, 0) is 79.8 Å². The summed E-state index contributed by atoms with van der Waals surface area (Å²) in [6, 6.07) is 17.6. The van der Waals surface area contributed by atoms with Crippen LogP contribution < -0.4 is 15.4 Å². The molecular formula is C33H37ClN2O6S. The van der Waals surface area contributed by atoms with Gasteiger partial charge in [0.25, 0.3) is 0 Å². The second-order valence-electron chi connectivity index (χ2n) is 10.9. The van der Waals surface area contributed by atoms with Crippen LogP contribution in [-0.2, 0) is 32.4 Å². The lowest BCUT2D eigenvalue weighted by molar-refractivity contribution is -0.119. The van der Waals surface area contributed by atoms with Gasteiger partial charge >= 0.3 is 0 Å². The first-order chi connectivity index (χ1) is 20.5. The zero-order chi connectivity index (χ0) is 31.0. The van der Waals surface area contributed by atoms with Crippen LogP contribution in [0.25, 0.3) is 0 Å². The molecule has 1 atom stereocenters. The lowest BCUT2D eigenvalue weighted by atomic mass is 10.0. The zero-order valence-electron chi connectivity index (χ0n) is 24.3. The number of Topliss-reactive ketones (excluding diaryl/α,β-unsaturated/α-hetero) is 2. The number of aryl methyl sites for hydroxylation is 1. The Hall–Kier alpha value is -3.53. The van der Waals surface area contributed by atoms with Crippen molar-refractivity contribution >= 4 is 44.6 Å². The van der Waals surface area contributed by atoms with Gasteiger partial charge in [0.2, 0.25) is 5.91 Å². The maximum atomic E-state index is 13.2. The molecular weight excluding hydrogens is 588 g/mol. The van der Waals surface area contributed by atoms with E-state index in [4.69, 9.17) is 22.1 Å². The van der Waals surface area contributed by atoms with Crippen LogP contribution in [0, 0.1) is 0 Å². The molecule has 8 nitrogen and oxygen atoms in total. The highest BCUT2D eigenvalue weighted by Crippen LogP contribution is 2.33. The molecule has 0 aromatic heterocycles. The number of ketones is 2. The van der Waals surface area contributed by atoms with E-state index in [9.17, 15) is 22.8 Å². The number of ether oxygens (including phenoxy) is 1. The summed E-state index contributed by atoms with van der Waals surface area (Å²) in [5.41, 5.74) is 8.18. The van der Waals surface area contributed by atoms with E-state index in [1.165, 1.54) is 23.1 Å². The molecule has 2 N–H and O–H groups in total. The number of nitrogens with zero attached hydrogens (tertiary/aromatic N) is 1. The summed E-state index contributed by atoms with van der Waals surface area (Å²) >= 11 is 6.00. The average molecular weight is 625 g/mol. The van der Waals surface area contributed by atoms with Gasteiger partial charge < -0.3 is 20.2 Å². The lowest BCUT2D eigenvalue weighted by Crippen LogP contribution is -2.45. The zero-order valence-corrected chi connectivity index (χ0v) is 25.8. The molecule has 1 aliphatic heterocycles. The molecule has 1 aliphatic rings. The Kier molecular flexibility index (Phi) is 11.1. The van der Waals surface area contributed by atoms with Crippen molar-refractivity contribution in [3.63, 3.8) is 0 Å². The molecule has 43 heavy (non-hydrogen) atoms. The normalized spacial score (nSPS) is 15.9. The molecule has 4 rings (SSSR count). The van der Waals surface area contributed by atoms with Crippen molar-refractivity contribution in [2.75, 3.05) is 17.3 Å². The molecule has 0 aliphatic carbocycles. The van der Waals surface area contributed by atoms with Gasteiger partial charge in [0.05, 0.1) is 35.5 Å². The maximum Gasteiger partial charge on any atom is 0.245 e. The fraction of sp³-hybridized carbons (Fsp3) is 0.364. The summed E-state index contributed by atoms with van der Waals surface area (Å²) in [6.07, 6.45) is 5.20. The van der Waals surface area contributed by atoms with E-state index in [0.29, 0.717) is 30.0 Å². The summed E-state index contributed by atoms with van der Waals surface area (Å²) in [6.45, 7) is 2.30. The molecule has 1 heterocycles. The Morgan fingerprint density at radius 1 is 0.930 bits per heavy atom. The quantitative estimate of drug-likeness (QED) is 0.180. The van der Waals surface area contributed by atoms with Gasteiger partial charge in [-0.15, -0.1) is 0 Å². The van der Waals surface area contributed by atoms with Crippen LogP contribution in [0.2, 0.25) is 5.02 Å². The Bertz CT molecular complexity index is 1560. The smallest absolute Gasteiger partial charge is 0.245 e. The highest BCUT2D eigenvalue weighted by Gasteiger charge is 2.36. The fourth-order valence-electron chi connectivity index (χ4n) is 4.99. The predicted octanol–water partition coefficient (Wildman–Crippen LogP) is 5.72. The number of unbranched alkanes of at least 4 members (excludes halogenated alkanes) is 3. The SMILES string of the molecule is CC(=O)CCCCCCOc1ccc(CCC(=O)c2ccc3c(c2)N(Cc2ccc(Cl)cc2)C(=O)[C@@H](N)CS3(=O)=O)cc1. The number of rotatable bonds is 14. The van der Waals surface area contributed by atoms with Crippen molar-refractivity contribution in [2.24, 2.45) is 5.73 Å². The van der Waals surface area contributed by atoms with E-state index >= 15 is 0 Å². The minimum atomic E-state index is -3.85. The Morgan fingerprint density at radius 2 is 1.60 bits per heavy atom. The van der Waals surface area contributed by atoms with Crippen LogP contribution in [-0.4, -0.2) is 44.3 Å². The standard InChI is InChI=1S/C33H37ClN2O6S/c1-23(37)6-4-2-3-5-19-42-28-15-9-24(10-16-28)11-17-31(38)26-12-18-32-30(20-26)36(21-25-7-13-27(34)14-8-25)33(39)29(35)22-43(32,40)41/h7-10,12-16,18,20,29H,2-6,11,17,19,21-22,35H2,1H3/t29-/m0/s1. The highest BCUT2D eigenvalue weighted by atomic mass is 35.5. The molecule has 0 saturated heterocycles. The third-order valence-corrected chi connectivity index (χ3v) is 9.46. The number of hydrogen-bond acceptors (Lipinski definition) is 7. The van der Waals surface area contributed by atoms with Crippen molar-refractivity contribution in [3.8, 4) is 5.75 Å². The first-order valence-electron chi connectivity index (χ1n) is 14.5. The van der Waals surface area contributed by atoms with E-state index in [1.54, 1.807) is 31.2 Å². The van der Waals surface area contributed by atoms with Gasteiger partial charge in [0, 0.05) is 23.4 Å². The molecule has 10 heteroatoms. The Balaban J connectivity index is 1.40. The van der Waals surface area contributed by atoms with Crippen molar-refractivity contribution in [2.45, 2.75) is 69.4 Å². The summed E-state index contributed by atoms with van der Waals surface area (Å²) in [5.74, 6) is -0.223. The first kappa shape index (κ1) is 32.4. The topological polar surface area (TPSA) is 124 Å². The summed E-state index contributed by atoms with van der Waals surface area (Å²) in [5, 5.41) is 0.536. The summed E-state index contributed by atoms with van der Waals surface area (Å²) < 4.78 is 32.0. The van der Waals surface area contributed by atoms with E-state index in [-0.39, 0.29) is 35.1 Å². The third-order valence-electron chi connectivity index (χ3n) is 7.40. The van der Waals surface area contributed by atoms with Gasteiger partial charge in [-0.25, -0.2) is 8.42 Å². The highest BCUT2D eigenvalue weighted by molar-refractivity contribution is 7.91. The van der Waals surface area contributed by atoms with Crippen LogP contribution in [0.15, 0.2) is 71.6 Å². The summed E-state index contributed by atoms with van der Waals surface area (Å²) in [7, 11) is -3.85. The number of halogens is 1. The first-order valence-corrected chi connectivity index (χ1v) is 16.5. The number of carbonyl (C=O) groups is 3. The van der Waals surface area contributed by atoms with E-state index in [2.05, 4.69) is 0 Å². The fourth-order valence-corrected chi connectivity index (χ4v) is 6.67. The van der Waals surface area contributed by atoms with Gasteiger partial charge in [0.1, 0.15) is 11.5 Å². The second-order valence-corrected chi connectivity index (χ2v) is 13.3. The van der Waals surface area contributed by atoms with E-state index in [1.807, 2.05) is 24.3 Å². The van der Waals surface area contributed by atoms with Crippen molar-refractivity contribution in [1.82, 2.24) is 0 Å². The third kappa shape index (κ3) is 8.98. The molecule has 3 aromatic rings. The number of nitrogens with two attached hydrogens (primary N) is 1. The van der Waals surface area contributed by atoms with Crippen LogP contribution in [0.4, 0.5) is 5.69 Å². The van der Waals surface area contributed by atoms with Crippen molar-refractivity contribution in [1.29, 1.82) is 0 Å². The lowest BCUT2D eigenvalue weighted by Gasteiger charge is -2.24. The monoisotopic (exact) mass is 624 g/mol. The minimum absolute atomic E-state index is 0.0223. The number of fused-ring (bicyclic) bond motifs is 1. The molecule has 0 fully saturated rings. The van der Waals surface area contributed by atoms with E-state index < -0.39 is 27.5 Å². The molecule has 0 bridgehead atoms. The maximum absolute atomic E-state index is 13.2. The number of benzene rings is 3. The van der Waals surface area contributed by atoms with Gasteiger partial charge in [0.15, 0.2) is 15.6 Å². The van der Waals surface area contributed by atoms with Crippen molar-refractivity contribution in [3.05, 3.63) is 88.4 Å². The number of amides is 1. The Labute approximate surface area is 258 Å². The molecule has 0 radical (unpaired) electrons. The predicted molar refractivity (Wildman–Crippen MR) is 167 cm³/mol. The van der Waals surface area contributed by atoms with Gasteiger partial charge in [-0.2, -0.15) is 0 Å². The number of carbonyl (C=O) groups excluding carboxylic acids is 3. The van der Waals surface area contributed by atoms with Crippen LogP contribution in [0.1, 0.15) is 66.9 Å². The molecule has 3 aromatic carbocycles. The van der Waals surface area contributed by atoms with E-state index in [0.717, 1.165) is 42.6 Å². The number of sulfone groups is 1. The van der Waals surface area contributed by atoms with Crippen LogP contribution >= 0.6 is 11.6 Å². The van der Waals surface area contributed by atoms with Crippen LogP contribution in [0.3, 0.4) is 0 Å². The molecule has 0 spiro atoms. The van der Waals surface area contributed by atoms with Gasteiger partial charge in [-0.3, -0.25) is 9.59 Å².